The second-order valence-electron chi connectivity index (χ2n) is 3.62. The Morgan fingerprint density at radius 3 is 2.16 bits per heavy atom. The third-order valence-corrected chi connectivity index (χ3v) is 3.21. The minimum absolute atomic E-state index is 0.107. The highest BCUT2D eigenvalue weighted by Crippen LogP contribution is 2.07. The van der Waals surface area contributed by atoms with Gasteiger partial charge >= 0.3 is 5.97 Å². The van der Waals surface area contributed by atoms with Gasteiger partial charge < -0.3 is 19.8 Å². The van der Waals surface area contributed by atoms with Crippen LogP contribution < -0.4 is 0 Å². The van der Waals surface area contributed by atoms with Gasteiger partial charge in [0.25, 0.3) is 0 Å². The highest BCUT2D eigenvalue weighted by atomic mass is 32.2. The molecule has 2 N–H and O–H groups in total. The topological polar surface area (TPSA) is 104 Å². The standard InChI is InChI=1S/C11H19NO6S/c1-18-11(15)10(19(2,16)17)4-3-5-12(6-8-13)7-9-14/h3-5,13-14H,6-9H2,1-2H3/b5-3+,10-4-. The van der Waals surface area contributed by atoms with Crippen molar-refractivity contribution in [2.24, 2.45) is 0 Å². The van der Waals surface area contributed by atoms with Crippen LogP contribution in [0.1, 0.15) is 0 Å². The molecule has 0 heterocycles. The predicted octanol–water partition coefficient (Wildman–Crippen LogP) is -1.11. The molecule has 0 aliphatic rings. The second-order valence-corrected chi connectivity index (χ2v) is 5.60. The van der Waals surface area contributed by atoms with E-state index in [-0.39, 0.29) is 26.3 Å². The monoisotopic (exact) mass is 293 g/mol. The number of rotatable bonds is 8. The fraction of sp³-hybridized carbons (Fsp3) is 0.545. The number of aliphatic hydroxyl groups is 2. The van der Waals surface area contributed by atoms with Crippen LogP contribution in [0.25, 0.3) is 0 Å². The van der Waals surface area contributed by atoms with Crippen molar-refractivity contribution in [2.45, 2.75) is 0 Å². The first-order chi connectivity index (χ1) is 8.86. The normalized spacial score (nSPS) is 12.7. The average molecular weight is 293 g/mol. The zero-order valence-electron chi connectivity index (χ0n) is 10.9. The largest absolute Gasteiger partial charge is 0.465 e. The molecule has 0 aromatic rings. The smallest absolute Gasteiger partial charge is 0.349 e. The van der Waals surface area contributed by atoms with Crippen molar-refractivity contribution in [3.8, 4) is 0 Å². The first kappa shape index (κ1) is 17.6. The summed E-state index contributed by atoms with van der Waals surface area (Å²) < 4.78 is 27.1. The summed E-state index contributed by atoms with van der Waals surface area (Å²) >= 11 is 0. The molecule has 0 rings (SSSR count). The predicted molar refractivity (Wildman–Crippen MR) is 69.8 cm³/mol. The second kappa shape index (κ2) is 8.68. The molecule has 0 radical (unpaired) electrons. The number of ether oxygens (including phenoxy) is 1. The van der Waals surface area contributed by atoms with Gasteiger partial charge in [-0.15, -0.1) is 0 Å². The first-order valence-corrected chi connectivity index (χ1v) is 7.38. The average Bonchev–Trinajstić information content (AvgIpc) is 2.32. The highest BCUT2D eigenvalue weighted by Gasteiger charge is 2.19. The fourth-order valence-corrected chi connectivity index (χ4v) is 1.93. The summed E-state index contributed by atoms with van der Waals surface area (Å²) in [4.78, 5) is 12.4. The molecule has 0 unspecified atom stereocenters. The van der Waals surface area contributed by atoms with Gasteiger partial charge in [0, 0.05) is 19.3 Å². The minimum atomic E-state index is -3.68. The quantitative estimate of drug-likeness (QED) is 0.332. The maximum atomic E-state index is 11.4. The van der Waals surface area contributed by atoms with Crippen LogP contribution in [0.3, 0.4) is 0 Å². The van der Waals surface area contributed by atoms with Crippen LogP contribution in [0.4, 0.5) is 0 Å². The maximum Gasteiger partial charge on any atom is 0.349 e. The zero-order chi connectivity index (χ0) is 14.9. The Hall–Kier alpha value is -1.38. The lowest BCUT2D eigenvalue weighted by atomic mass is 10.4. The maximum absolute atomic E-state index is 11.4. The van der Waals surface area contributed by atoms with Crippen molar-refractivity contribution < 1.29 is 28.2 Å². The van der Waals surface area contributed by atoms with Gasteiger partial charge in [-0.05, 0) is 18.4 Å². The molecule has 0 bridgehead atoms. The lowest BCUT2D eigenvalue weighted by molar-refractivity contribution is -0.135. The van der Waals surface area contributed by atoms with Gasteiger partial charge in [0.05, 0.1) is 20.3 Å². The molecule has 110 valence electrons. The number of sulfone groups is 1. The van der Waals surface area contributed by atoms with Crippen LogP contribution in [0.15, 0.2) is 23.3 Å². The van der Waals surface area contributed by atoms with E-state index in [9.17, 15) is 13.2 Å². The van der Waals surface area contributed by atoms with Gasteiger partial charge in [-0.3, -0.25) is 0 Å². The summed E-state index contributed by atoms with van der Waals surface area (Å²) in [5, 5.41) is 17.6. The van der Waals surface area contributed by atoms with Gasteiger partial charge in [0.2, 0.25) is 0 Å². The van der Waals surface area contributed by atoms with Crippen LogP contribution in [0.2, 0.25) is 0 Å². The van der Waals surface area contributed by atoms with Gasteiger partial charge in [0.15, 0.2) is 14.7 Å². The number of carbonyl (C=O) groups is 1. The number of allylic oxidation sites excluding steroid dienone is 2. The molecule has 0 aliphatic carbocycles. The Balaban J connectivity index is 5.01. The minimum Gasteiger partial charge on any atom is -0.465 e. The van der Waals surface area contributed by atoms with E-state index in [1.807, 2.05) is 0 Å². The number of aliphatic hydroxyl groups excluding tert-OH is 2. The molecular weight excluding hydrogens is 274 g/mol. The van der Waals surface area contributed by atoms with Crippen molar-refractivity contribution in [2.75, 3.05) is 39.7 Å². The third kappa shape index (κ3) is 6.94. The number of carbonyl (C=O) groups excluding carboxylic acids is 1. The highest BCUT2D eigenvalue weighted by molar-refractivity contribution is 7.95. The van der Waals surface area contributed by atoms with Crippen molar-refractivity contribution in [1.82, 2.24) is 4.90 Å². The number of esters is 1. The number of nitrogens with zero attached hydrogens (tertiary/aromatic N) is 1. The third-order valence-electron chi connectivity index (χ3n) is 2.10. The molecule has 0 spiro atoms. The summed E-state index contributed by atoms with van der Waals surface area (Å²) in [6.45, 7) is 0.364. The molecule has 0 saturated heterocycles. The fourth-order valence-electron chi connectivity index (χ4n) is 1.21. The molecule has 0 saturated carbocycles. The molecule has 19 heavy (non-hydrogen) atoms. The van der Waals surface area contributed by atoms with Gasteiger partial charge in [-0.25, -0.2) is 13.2 Å². The van der Waals surface area contributed by atoms with E-state index in [0.29, 0.717) is 0 Å². The van der Waals surface area contributed by atoms with Gasteiger partial charge in [-0.1, -0.05) is 0 Å². The Kier molecular flexibility index (Phi) is 8.05. The van der Waals surface area contributed by atoms with Crippen LogP contribution in [-0.4, -0.2) is 69.2 Å². The van der Waals surface area contributed by atoms with E-state index >= 15 is 0 Å². The Labute approximate surface area is 112 Å². The summed E-state index contributed by atoms with van der Waals surface area (Å²) in [5.74, 6) is -0.942. The zero-order valence-corrected chi connectivity index (χ0v) is 11.8. The Bertz CT molecular complexity index is 434. The van der Waals surface area contributed by atoms with Gasteiger partial charge in [-0.2, -0.15) is 0 Å². The molecule has 0 aromatic carbocycles. The molecule has 7 nitrogen and oxygen atoms in total. The van der Waals surface area contributed by atoms with Crippen molar-refractivity contribution >= 4 is 15.8 Å². The lowest BCUT2D eigenvalue weighted by Crippen LogP contribution is -2.24. The first-order valence-electron chi connectivity index (χ1n) is 5.49. The van der Waals surface area contributed by atoms with Crippen LogP contribution in [0.5, 0.6) is 0 Å². The van der Waals surface area contributed by atoms with E-state index in [4.69, 9.17) is 10.2 Å². The molecule has 0 aromatic heterocycles. The molecular formula is C11H19NO6S. The molecule has 8 heteroatoms. The van der Waals surface area contributed by atoms with Crippen LogP contribution in [-0.2, 0) is 19.4 Å². The molecule has 0 amide bonds. The van der Waals surface area contributed by atoms with E-state index in [1.54, 1.807) is 4.90 Å². The molecule has 0 fully saturated rings. The summed E-state index contributed by atoms with van der Waals surface area (Å²) in [6.07, 6.45) is 4.84. The van der Waals surface area contributed by atoms with Crippen molar-refractivity contribution in [3.63, 3.8) is 0 Å². The molecule has 0 aliphatic heterocycles. The van der Waals surface area contributed by atoms with Crippen LogP contribution >= 0.6 is 0 Å². The van der Waals surface area contributed by atoms with Gasteiger partial charge in [0.1, 0.15) is 0 Å². The number of hydrogen-bond acceptors (Lipinski definition) is 7. The van der Waals surface area contributed by atoms with E-state index < -0.39 is 20.7 Å². The number of methoxy groups -OCH3 is 1. The van der Waals surface area contributed by atoms with E-state index in [1.165, 1.54) is 12.3 Å². The van der Waals surface area contributed by atoms with Crippen LogP contribution in [0, 0.1) is 0 Å². The molecule has 0 atom stereocenters. The Morgan fingerprint density at radius 2 is 1.79 bits per heavy atom. The van der Waals surface area contributed by atoms with E-state index in [0.717, 1.165) is 19.4 Å². The summed E-state index contributed by atoms with van der Waals surface area (Å²) in [7, 11) is -2.59. The SMILES string of the molecule is COC(=O)/C(=C/C=C/N(CCO)CCO)S(C)(=O)=O. The lowest BCUT2D eigenvalue weighted by Gasteiger charge is -2.16. The van der Waals surface area contributed by atoms with E-state index in [2.05, 4.69) is 4.74 Å². The Morgan fingerprint density at radius 1 is 1.26 bits per heavy atom. The van der Waals surface area contributed by atoms with Crippen molar-refractivity contribution in [1.29, 1.82) is 0 Å². The summed E-state index contributed by atoms with van der Waals surface area (Å²) in [6, 6.07) is 0. The number of hydrogen-bond donors (Lipinski definition) is 2. The summed E-state index contributed by atoms with van der Waals surface area (Å²) in [5.41, 5.74) is 0. The van der Waals surface area contributed by atoms with Crippen molar-refractivity contribution in [3.05, 3.63) is 23.3 Å².